The van der Waals surface area contributed by atoms with E-state index in [1.54, 1.807) is 0 Å². The molecule has 7 nitrogen and oxygen atoms in total. The molecule has 9 heteroatoms. The van der Waals surface area contributed by atoms with Gasteiger partial charge in [0.15, 0.2) is 0 Å². The third kappa shape index (κ3) is 24.7. The van der Waals surface area contributed by atoms with Gasteiger partial charge in [-0.1, -0.05) is 134 Å². The highest BCUT2D eigenvalue weighted by Crippen LogP contribution is 2.12. The van der Waals surface area contributed by atoms with Crippen molar-refractivity contribution in [2.45, 2.75) is 142 Å². The van der Waals surface area contributed by atoms with Crippen molar-refractivity contribution in [2.75, 3.05) is 13.2 Å². The Balaban J connectivity index is 3.67. The largest absolute Gasteiger partial charge is 0.350 e. The minimum Gasteiger partial charge on any atom is -0.257 e. The molecule has 0 aliphatic carbocycles. The Labute approximate surface area is 205 Å². The van der Waals surface area contributed by atoms with Crippen LogP contribution in [0.1, 0.15) is 142 Å². The Hall–Kier alpha value is -0.220. The summed E-state index contributed by atoms with van der Waals surface area (Å²) in [6, 6.07) is 0. The van der Waals surface area contributed by atoms with Crippen LogP contribution in [-0.2, 0) is 29.0 Å². The molecule has 0 radical (unpaired) electrons. The maximum absolute atomic E-state index is 11.8. The lowest BCUT2D eigenvalue weighted by Crippen LogP contribution is -2.33. The second-order valence-electron chi connectivity index (χ2n) is 9.00. The van der Waals surface area contributed by atoms with Gasteiger partial charge in [-0.2, -0.15) is 16.8 Å². The Morgan fingerprint density at radius 3 is 0.939 bits per heavy atom. The van der Waals surface area contributed by atoms with E-state index in [1.165, 1.54) is 81.2 Å². The summed E-state index contributed by atoms with van der Waals surface area (Å²) in [7, 11) is -8.75. The van der Waals surface area contributed by atoms with E-state index in [0.717, 1.165) is 38.5 Å². The fraction of sp³-hybridized carbons (Fsp3) is 1.00. The first-order valence-corrected chi connectivity index (χ1v) is 16.2. The maximum Gasteiger partial charge on any atom is 0.350 e. The van der Waals surface area contributed by atoms with E-state index in [4.69, 9.17) is 8.37 Å². The van der Waals surface area contributed by atoms with Crippen LogP contribution in [0.5, 0.6) is 0 Å². The van der Waals surface area contributed by atoms with Crippen LogP contribution in [0.4, 0.5) is 0 Å². The van der Waals surface area contributed by atoms with Gasteiger partial charge < -0.3 is 0 Å². The van der Waals surface area contributed by atoms with Crippen molar-refractivity contribution >= 4 is 20.6 Å². The zero-order valence-electron chi connectivity index (χ0n) is 21.3. The average Bonchev–Trinajstić information content (AvgIpc) is 2.75. The van der Waals surface area contributed by atoms with Gasteiger partial charge in [0.2, 0.25) is 0 Å². The second kappa shape index (κ2) is 22.3. The Kier molecular flexibility index (Phi) is 22.1. The van der Waals surface area contributed by atoms with E-state index in [0.29, 0.717) is 12.8 Å². The molecule has 0 amide bonds. The zero-order chi connectivity index (χ0) is 24.7. The monoisotopic (exact) mass is 513 g/mol. The maximum atomic E-state index is 11.8. The van der Waals surface area contributed by atoms with Gasteiger partial charge in [0.25, 0.3) is 0 Å². The van der Waals surface area contributed by atoms with Crippen LogP contribution in [0.15, 0.2) is 0 Å². The topological polar surface area (TPSA) is 98.8 Å². The molecular weight excluding hydrogens is 462 g/mol. The molecule has 0 unspecified atom stereocenters. The summed E-state index contributed by atoms with van der Waals surface area (Å²) in [5.41, 5.74) is 0. The standard InChI is InChI=1S/C24H51NO6S2/c1-3-5-7-9-11-13-15-17-19-21-23-30-32(26,27)25-33(28,29)31-24-22-20-18-16-14-12-10-8-6-4-2/h25H,3-24H2,1-2H3. The van der Waals surface area contributed by atoms with Crippen molar-refractivity contribution in [3.8, 4) is 0 Å². The van der Waals surface area contributed by atoms with Crippen LogP contribution < -0.4 is 4.13 Å². The van der Waals surface area contributed by atoms with Gasteiger partial charge in [-0.15, -0.1) is 0 Å². The molecule has 0 aliphatic heterocycles. The Morgan fingerprint density at radius 2 is 0.667 bits per heavy atom. The molecule has 1 N–H and O–H groups in total. The first-order chi connectivity index (χ1) is 15.8. The summed E-state index contributed by atoms with van der Waals surface area (Å²) in [6.45, 7) is 4.36. The second-order valence-corrected chi connectivity index (χ2v) is 12.0. The predicted octanol–water partition coefficient (Wildman–Crippen LogP) is 6.94. The van der Waals surface area contributed by atoms with Crippen molar-refractivity contribution in [3.05, 3.63) is 0 Å². The number of rotatable bonds is 26. The van der Waals surface area contributed by atoms with Crippen molar-refractivity contribution in [2.24, 2.45) is 0 Å². The van der Waals surface area contributed by atoms with Crippen LogP contribution in [0.3, 0.4) is 0 Å². The van der Waals surface area contributed by atoms with Crippen molar-refractivity contribution in [1.29, 1.82) is 0 Å². The summed E-state index contributed by atoms with van der Waals surface area (Å²) in [4.78, 5) is 0. The third-order valence-electron chi connectivity index (χ3n) is 5.68. The van der Waals surface area contributed by atoms with Gasteiger partial charge in [0.1, 0.15) is 0 Å². The van der Waals surface area contributed by atoms with E-state index in [1.807, 2.05) is 0 Å². The van der Waals surface area contributed by atoms with Crippen LogP contribution in [-0.4, -0.2) is 30.0 Å². The molecule has 0 aromatic heterocycles. The summed E-state index contributed by atoms with van der Waals surface area (Å²) < 4.78 is 58.3. The summed E-state index contributed by atoms with van der Waals surface area (Å²) >= 11 is 0. The predicted molar refractivity (Wildman–Crippen MR) is 137 cm³/mol. The van der Waals surface area contributed by atoms with Crippen molar-refractivity contribution in [1.82, 2.24) is 4.13 Å². The molecule has 200 valence electrons. The van der Waals surface area contributed by atoms with Crippen molar-refractivity contribution in [3.63, 3.8) is 0 Å². The first kappa shape index (κ1) is 32.8. The Morgan fingerprint density at radius 1 is 0.424 bits per heavy atom. The quantitative estimate of drug-likeness (QED) is 0.126. The van der Waals surface area contributed by atoms with Gasteiger partial charge in [0.05, 0.1) is 13.2 Å². The van der Waals surface area contributed by atoms with Gasteiger partial charge in [-0.3, -0.25) is 8.37 Å². The smallest absolute Gasteiger partial charge is 0.257 e. The lowest BCUT2D eigenvalue weighted by atomic mass is 10.1. The SMILES string of the molecule is CCCCCCCCCCCCOS(=O)(=O)NS(=O)(=O)OCCCCCCCCCCCC. The molecule has 0 spiro atoms. The molecule has 0 saturated carbocycles. The molecule has 0 heterocycles. The van der Waals surface area contributed by atoms with E-state index >= 15 is 0 Å². The van der Waals surface area contributed by atoms with Gasteiger partial charge in [0, 0.05) is 0 Å². The highest BCUT2D eigenvalue weighted by atomic mass is 32.3. The lowest BCUT2D eigenvalue weighted by Gasteiger charge is -2.08. The average molecular weight is 514 g/mol. The van der Waals surface area contributed by atoms with E-state index in [9.17, 15) is 16.8 Å². The molecule has 0 aromatic rings. The molecule has 33 heavy (non-hydrogen) atoms. The fourth-order valence-corrected chi connectivity index (χ4v) is 5.75. The number of nitrogens with one attached hydrogen (secondary N) is 1. The van der Waals surface area contributed by atoms with Crippen LogP contribution in [0, 0.1) is 0 Å². The first-order valence-electron chi connectivity index (χ1n) is 13.4. The molecule has 0 atom stereocenters. The van der Waals surface area contributed by atoms with Crippen molar-refractivity contribution < 1.29 is 25.2 Å². The molecule has 0 fully saturated rings. The zero-order valence-corrected chi connectivity index (χ0v) is 23.0. The van der Waals surface area contributed by atoms with Gasteiger partial charge in [-0.25, -0.2) is 0 Å². The normalized spacial score (nSPS) is 12.4. The number of hydrogen-bond acceptors (Lipinski definition) is 6. The van der Waals surface area contributed by atoms with Gasteiger partial charge >= 0.3 is 20.6 Å². The summed E-state index contributed by atoms with van der Waals surface area (Å²) in [5, 5.41) is 0. The van der Waals surface area contributed by atoms with Gasteiger partial charge in [-0.05, 0) is 12.8 Å². The molecule has 0 aromatic carbocycles. The van der Waals surface area contributed by atoms with E-state index < -0.39 is 20.6 Å². The third-order valence-corrected chi connectivity index (χ3v) is 8.26. The Bertz CT molecular complexity index is 569. The van der Waals surface area contributed by atoms with E-state index in [-0.39, 0.29) is 13.2 Å². The lowest BCUT2D eigenvalue weighted by molar-refractivity contribution is 0.290. The molecule has 0 rings (SSSR count). The minimum atomic E-state index is -4.38. The number of hydrogen-bond donors (Lipinski definition) is 1. The summed E-state index contributed by atoms with van der Waals surface area (Å²) in [5.74, 6) is 0. The summed E-state index contributed by atoms with van der Waals surface area (Å²) in [6.07, 6.45) is 22.5. The highest BCUT2D eigenvalue weighted by molar-refractivity contribution is 8.00. The minimum absolute atomic E-state index is 0.0280. The van der Waals surface area contributed by atoms with Crippen LogP contribution in [0.25, 0.3) is 0 Å². The fourth-order valence-electron chi connectivity index (χ4n) is 3.69. The molecule has 0 saturated heterocycles. The van der Waals surface area contributed by atoms with Crippen LogP contribution in [0.2, 0.25) is 0 Å². The van der Waals surface area contributed by atoms with Crippen LogP contribution >= 0.6 is 0 Å². The van der Waals surface area contributed by atoms with E-state index in [2.05, 4.69) is 13.8 Å². The highest BCUT2D eigenvalue weighted by Gasteiger charge is 2.21. The molecule has 0 aliphatic rings. The number of unbranched alkanes of at least 4 members (excludes halogenated alkanes) is 18. The molecule has 0 bridgehead atoms. The molecular formula is C24H51NO6S2.